The number of thiophene rings is 1. The van der Waals surface area contributed by atoms with Gasteiger partial charge in [0.1, 0.15) is 12.4 Å². The molecule has 0 aliphatic heterocycles. The first-order chi connectivity index (χ1) is 8.31. The topological polar surface area (TPSA) is 21.3 Å². The fourth-order valence-corrected chi connectivity index (χ4v) is 3.29. The first kappa shape index (κ1) is 12.6. The van der Waals surface area contributed by atoms with Crippen molar-refractivity contribution in [2.24, 2.45) is 0 Å². The standard InChI is InChI=1S/C13H14BrNOS/c1-15-12(13-11(14)7-8-17-13)9-16-10-5-3-2-4-6-10/h2-8,12,15H,9H2,1H3. The molecule has 1 aromatic carbocycles. The highest BCUT2D eigenvalue weighted by Gasteiger charge is 2.14. The lowest BCUT2D eigenvalue weighted by Gasteiger charge is -2.16. The summed E-state index contributed by atoms with van der Waals surface area (Å²) in [5.41, 5.74) is 0. The number of halogens is 1. The van der Waals surface area contributed by atoms with Crippen molar-refractivity contribution in [1.82, 2.24) is 5.32 Å². The van der Waals surface area contributed by atoms with Crippen LogP contribution in [-0.2, 0) is 0 Å². The number of likely N-dealkylation sites (N-methyl/N-ethyl adjacent to an activating group) is 1. The molecule has 0 saturated carbocycles. The average molecular weight is 312 g/mol. The van der Waals surface area contributed by atoms with Crippen LogP contribution >= 0.6 is 27.3 Å². The molecule has 17 heavy (non-hydrogen) atoms. The second kappa shape index (κ2) is 6.19. The number of ether oxygens (including phenoxy) is 1. The predicted octanol–water partition coefficient (Wildman–Crippen LogP) is 3.85. The number of benzene rings is 1. The zero-order valence-electron chi connectivity index (χ0n) is 9.52. The summed E-state index contributed by atoms with van der Waals surface area (Å²) in [6, 6.07) is 12.2. The molecular formula is C13H14BrNOS. The first-order valence-electron chi connectivity index (χ1n) is 5.39. The molecule has 0 saturated heterocycles. The lowest BCUT2D eigenvalue weighted by atomic mass is 10.2. The molecule has 1 N–H and O–H groups in total. The van der Waals surface area contributed by atoms with E-state index in [0.717, 1.165) is 10.2 Å². The van der Waals surface area contributed by atoms with Crippen molar-refractivity contribution in [3.05, 3.63) is 51.1 Å². The minimum Gasteiger partial charge on any atom is -0.492 e. The molecular weight excluding hydrogens is 298 g/mol. The smallest absolute Gasteiger partial charge is 0.119 e. The Hall–Kier alpha value is -0.840. The first-order valence-corrected chi connectivity index (χ1v) is 7.06. The maximum atomic E-state index is 5.76. The Morgan fingerprint density at radius 1 is 1.29 bits per heavy atom. The lowest BCUT2D eigenvalue weighted by molar-refractivity contribution is 0.274. The Balaban J connectivity index is 2.00. The Labute approximate surface area is 114 Å². The van der Waals surface area contributed by atoms with Crippen molar-refractivity contribution in [3.63, 3.8) is 0 Å². The van der Waals surface area contributed by atoms with Gasteiger partial charge in [0.25, 0.3) is 0 Å². The van der Waals surface area contributed by atoms with Crippen molar-refractivity contribution in [2.45, 2.75) is 6.04 Å². The van der Waals surface area contributed by atoms with Crippen LogP contribution in [-0.4, -0.2) is 13.7 Å². The van der Waals surface area contributed by atoms with Crippen LogP contribution < -0.4 is 10.1 Å². The van der Waals surface area contributed by atoms with E-state index in [1.165, 1.54) is 4.88 Å². The SMILES string of the molecule is CNC(COc1ccccc1)c1sccc1Br. The lowest BCUT2D eigenvalue weighted by Crippen LogP contribution is -2.22. The van der Waals surface area contributed by atoms with Gasteiger partial charge in [-0.3, -0.25) is 0 Å². The minimum atomic E-state index is 0.213. The summed E-state index contributed by atoms with van der Waals surface area (Å²) in [6.07, 6.45) is 0. The molecule has 0 fully saturated rings. The Morgan fingerprint density at radius 3 is 2.65 bits per heavy atom. The number of hydrogen-bond acceptors (Lipinski definition) is 3. The van der Waals surface area contributed by atoms with Crippen molar-refractivity contribution in [1.29, 1.82) is 0 Å². The summed E-state index contributed by atoms with van der Waals surface area (Å²) in [6.45, 7) is 0.625. The predicted molar refractivity (Wildman–Crippen MR) is 75.8 cm³/mol. The molecule has 0 spiro atoms. The van der Waals surface area contributed by atoms with Gasteiger partial charge in [-0.2, -0.15) is 0 Å². The zero-order valence-corrected chi connectivity index (χ0v) is 11.9. The van der Waals surface area contributed by atoms with Crippen LogP contribution in [0.3, 0.4) is 0 Å². The molecule has 0 bridgehead atoms. The van der Waals surface area contributed by atoms with Gasteiger partial charge in [-0.25, -0.2) is 0 Å². The highest BCUT2D eigenvalue weighted by Crippen LogP contribution is 2.29. The van der Waals surface area contributed by atoms with Crippen LogP contribution in [0.25, 0.3) is 0 Å². The van der Waals surface area contributed by atoms with E-state index in [2.05, 4.69) is 32.7 Å². The summed E-state index contributed by atoms with van der Waals surface area (Å²) in [5.74, 6) is 0.903. The van der Waals surface area contributed by atoms with Gasteiger partial charge in [0.2, 0.25) is 0 Å². The second-order valence-corrected chi connectivity index (χ2v) is 5.40. The van der Waals surface area contributed by atoms with E-state index < -0.39 is 0 Å². The fraction of sp³-hybridized carbons (Fsp3) is 0.231. The summed E-state index contributed by atoms with van der Waals surface area (Å²) >= 11 is 5.28. The summed E-state index contributed by atoms with van der Waals surface area (Å²) < 4.78 is 6.90. The fourth-order valence-electron chi connectivity index (χ4n) is 1.54. The van der Waals surface area contributed by atoms with Crippen LogP contribution in [0.1, 0.15) is 10.9 Å². The van der Waals surface area contributed by atoms with Gasteiger partial charge in [-0.1, -0.05) is 18.2 Å². The van der Waals surface area contributed by atoms with E-state index in [1.807, 2.05) is 37.4 Å². The molecule has 90 valence electrons. The molecule has 0 aliphatic rings. The third-order valence-corrected chi connectivity index (χ3v) is 4.45. The number of hydrogen-bond donors (Lipinski definition) is 1. The van der Waals surface area contributed by atoms with E-state index in [-0.39, 0.29) is 6.04 Å². The van der Waals surface area contributed by atoms with Crippen molar-refractivity contribution in [3.8, 4) is 5.75 Å². The molecule has 1 aromatic heterocycles. The van der Waals surface area contributed by atoms with E-state index in [0.29, 0.717) is 6.61 Å². The summed E-state index contributed by atoms with van der Waals surface area (Å²) in [5, 5.41) is 5.35. The number of para-hydroxylation sites is 1. The molecule has 2 aromatic rings. The Kier molecular flexibility index (Phi) is 4.59. The highest BCUT2D eigenvalue weighted by atomic mass is 79.9. The Morgan fingerprint density at radius 2 is 2.06 bits per heavy atom. The Bertz CT molecular complexity index is 457. The maximum absolute atomic E-state index is 5.76. The van der Waals surface area contributed by atoms with E-state index in [9.17, 15) is 0 Å². The summed E-state index contributed by atoms with van der Waals surface area (Å²) in [7, 11) is 1.95. The van der Waals surface area contributed by atoms with Crippen LogP contribution in [0.2, 0.25) is 0 Å². The number of nitrogens with one attached hydrogen (secondary N) is 1. The van der Waals surface area contributed by atoms with Gasteiger partial charge in [0.15, 0.2) is 0 Å². The van der Waals surface area contributed by atoms with E-state index in [1.54, 1.807) is 11.3 Å². The van der Waals surface area contributed by atoms with Gasteiger partial charge in [-0.15, -0.1) is 11.3 Å². The van der Waals surface area contributed by atoms with Crippen LogP contribution in [0, 0.1) is 0 Å². The van der Waals surface area contributed by atoms with Gasteiger partial charge in [0, 0.05) is 9.35 Å². The normalized spacial score (nSPS) is 12.4. The van der Waals surface area contributed by atoms with Crippen molar-refractivity contribution < 1.29 is 4.74 Å². The average Bonchev–Trinajstić information content (AvgIpc) is 2.78. The zero-order chi connectivity index (χ0) is 12.1. The molecule has 0 amide bonds. The third-order valence-electron chi connectivity index (χ3n) is 2.47. The molecule has 1 atom stereocenters. The molecule has 0 radical (unpaired) electrons. The molecule has 1 heterocycles. The van der Waals surface area contributed by atoms with Gasteiger partial charge in [-0.05, 0) is 46.6 Å². The number of rotatable bonds is 5. The molecule has 1 unspecified atom stereocenters. The van der Waals surface area contributed by atoms with Crippen LogP contribution in [0.4, 0.5) is 0 Å². The summed E-state index contributed by atoms with van der Waals surface area (Å²) in [4.78, 5) is 1.27. The monoisotopic (exact) mass is 311 g/mol. The largest absolute Gasteiger partial charge is 0.492 e. The van der Waals surface area contributed by atoms with Crippen LogP contribution in [0.5, 0.6) is 5.75 Å². The van der Waals surface area contributed by atoms with Crippen molar-refractivity contribution in [2.75, 3.05) is 13.7 Å². The molecule has 2 rings (SSSR count). The minimum absolute atomic E-state index is 0.213. The third kappa shape index (κ3) is 3.31. The van der Waals surface area contributed by atoms with Gasteiger partial charge < -0.3 is 10.1 Å². The van der Waals surface area contributed by atoms with E-state index >= 15 is 0 Å². The molecule has 4 heteroatoms. The van der Waals surface area contributed by atoms with Crippen molar-refractivity contribution >= 4 is 27.3 Å². The van der Waals surface area contributed by atoms with E-state index in [4.69, 9.17) is 4.74 Å². The maximum Gasteiger partial charge on any atom is 0.119 e. The second-order valence-electron chi connectivity index (χ2n) is 3.60. The molecule has 0 aliphatic carbocycles. The molecule has 2 nitrogen and oxygen atoms in total. The van der Waals surface area contributed by atoms with Crippen LogP contribution in [0.15, 0.2) is 46.3 Å². The quantitative estimate of drug-likeness (QED) is 0.905. The van der Waals surface area contributed by atoms with Gasteiger partial charge in [0.05, 0.1) is 6.04 Å². The highest BCUT2D eigenvalue weighted by molar-refractivity contribution is 9.10. The van der Waals surface area contributed by atoms with Gasteiger partial charge >= 0.3 is 0 Å².